The Labute approximate surface area is 327 Å². The summed E-state index contributed by atoms with van der Waals surface area (Å²) >= 11 is 0. The molecule has 0 saturated carbocycles. The molecule has 0 unspecified atom stereocenters. The number of nitrogens with zero attached hydrogens (tertiary/aromatic N) is 5. The van der Waals surface area contributed by atoms with Crippen molar-refractivity contribution in [3.8, 4) is 34.5 Å². The van der Waals surface area contributed by atoms with Gasteiger partial charge in [-0.15, -0.1) is 5.54 Å². The lowest BCUT2D eigenvalue weighted by molar-refractivity contribution is 0.107. The van der Waals surface area contributed by atoms with Gasteiger partial charge in [-0.25, -0.2) is 17.6 Å². The molecule has 0 spiro atoms. The number of piperidine rings is 1. The van der Waals surface area contributed by atoms with Gasteiger partial charge in [0.25, 0.3) is 0 Å². The smallest absolute Gasteiger partial charge is 0.319 e. The predicted molar refractivity (Wildman–Crippen MR) is 215 cm³/mol. The highest BCUT2D eigenvalue weighted by Gasteiger charge is 2.50. The number of nitrogens with two attached hydrogens (primary N) is 1. The van der Waals surface area contributed by atoms with E-state index in [0.717, 1.165) is 19.4 Å². The number of rotatable bonds is 8. The molecule has 6 heterocycles. The predicted octanol–water partition coefficient (Wildman–Crippen LogP) is 8.76. The summed E-state index contributed by atoms with van der Waals surface area (Å²) in [4.78, 5) is 18.0. The molecule has 56 heavy (non-hydrogen) atoms. The van der Waals surface area contributed by atoms with Crippen LogP contribution >= 0.6 is 0 Å². The molecule has 2 aromatic heterocycles. The van der Waals surface area contributed by atoms with E-state index in [9.17, 15) is 9.50 Å². The molecule has 8 rings (SSSR count). The zero-order chi connectivity index (χ0) is 39.8. The van der Waals surface area contributed by atoms with E-state index in [1.165, 1.54) is 24.4 Å². The molecule has 2 bridgehead atoms. The van der Waals surface area contributed by atoms with Crippen LogP contribution in [0.2, 0.25) is 16.6 Å². The second-order valence-corrected chi connectivity index (χ2v) is 23.2. The first-order valence-corrected chi connectivity index (χ1v) is 22.4. The van der Waals surface area contributed by atoms with Gasteiger partial charge in [-0.05, 0) is 78.9 Å². The van der Waals surface area contributed by atoms with E-state index >= 15 is 13.2 Å². The van der Waals surface area contributed by atoms with Gasteiger partial charge in [-0.1, -0.05) is 53.5 Å². The quantitative estimate of drug-likeness (QED) is 0.104. The molecule has 4 aliphatic rings. The van der Waals surface area contributed by atoms with Crippen LogP contribution < -0.4 is 15.4 Å². The topological polar surface area (TPSA) is 101 Å². The maximum Gasteiger partial charge on any atom is 0.319 e. The molecule has 4 saturated heterocycles. The fraction of sp³-hybridized carbons (Fsp3) is 0.558. The molecule has 0 aliphatic carbocycles. The second kappa shape index (κ2) is 14.4. The molecule has 4 fully saturated rings. The molecule has 0 radical (unpaired) electrons. The highest BCUT2D eigenvalue weighted by molar-refractivity contribution is 6.90. The lowest BCUT2D eigenvalue weighted by Crippen LogP contribution is -2.56. The number of pyridine rings is 1. The Morgan fingerprint density at radius 3 is 2.54 bits per heavy atom. The van der Waals surface area contributed by atoms with Crippen LogP contribution in [-0.2, 0) is 0 Å². The number of aromatic hydroxyl groups is 1. The normalized spacial score (nSPS) is 26.5. The van der Waals surface area contributed by atoms with Crippen LogP contribution in [0.4, 0.5) is 23.4 Å². The Bertz CT molecular complexity index is 2220. The molecule has 2 aromatic carbocycles. The monoisotopic (exact) mass is 788 g/mol. The highest BCUT2D eigenvalue weighted by atomic mass is 28.3. The van der Waals surface area contributed by atoms with Crippen LogP contribution in [0.15, 0.2) is 30.5 Å². The van der Waals surface area contributed by atoms with Gasteiger partial charge in [0.1, 0.15) is 55.6 Å². The maximum absolute atomic E-state index is 17.4. The number of hydrogen-bond acceptors (Lipinski definition) is 8. The molecule has 4 aliphatic heterocycles. The average Bonchev–Trinajstić information content (AvgIpc) is 3.79. The summed E-state index contributed by atoms with van der Waals surface area (Å²) in [6.45, 7) is 14.3. The average molecular weight is 789 g/mol. The minimum atomic E-state index is -2.31. The highest BCUT2D eigenvalue weighted by Crippen LogP contribution is 2.46. The van der Waals surface area contributed by atoms with E-state index in [2.05, 4.69) is 67.9 Å². The van der Waals surface area contributed by atoms with Crippen LogP contribution in [0, 0.1) is 23.1 Å². The van der Waals surface area contributed by atoms with Crippen LogP contribution in [0.25, 0.3) is 32.9 Å². The summed E-state index contributed by atoms with van der Waals surface area (Å²) in [5.74, 6) is 2.02. The number of phenolic OH excluding ortho intramolecular Hbond substituents is 1. The number of hydrogen-bond donors (Lipinski definition) is 2. The van der Waals surface area contributed by atoms with Crippen molar-refractivity contribution in [2.75, 3.05) is 24.6 Å². The van der Waals surface area contributed by atoms with Gasteiger partial charge in [0.15, 0.2) is 5.82 Å². The van der Waals surface area contributed by atoms with Crippen molar-refractivity contribution in [2.24, 2.45) is 5.73 Å². The van der Waals surface area contributed by atoms with E-state index in [0.29, 0.717) is 65.4 Å². The zero-order valence-electron chi connectivity index (χ0n) is 33.1. The third kappa shape index (κ3) is 6.22. The summed E-state index contributed by atoms with van der Waals surface area (Å²) in [5, 5.41) is 12.0. The van der Waals surface area contributed by atoms with Crippen molar-refractivity contribution in [3.63, 3.8) is 0 Å². The lowest BCUT2D eigenvalue weighted by Gasteiger charge is -2.41. The number of phenols is 1. The Morgan fingerprint density at radius 2 is 1.80 bits per heavy atom. The van der Waals surface area contributed by atoms with E-state index in [1.807, 2.05) is 4.90 Å². The van der Waals surface area contributed by atoms with Crippen LogP contribution in [0.3, 0.4) is 0 Å². The first-order valence-electron chi connectivity index (χ1n) is 20.2. The molecule has 0 amide bonds. The number of aromatic nitrogens is 3. The SMILES string of the molecule is CC(C)[Si](C#Cc1c(F)ccc2cc(O)cc(-c3ncc4c(N5[C@@H]6CC[C@H]5[C@H](F)[C@@H](N)C6)nc(OC[C@@]56CCCN5C[C@H](F)C6)nc4c3F)c12)(C(C)C)C(C)C. The summed E-state index contributed by atoms with van der Waals surface area (Å²) in [6.07, 6.45) is 2.85. The third-order valence-corrected chi connectivity index (χ3v) is 19.9. The summed E-state index contributed by atoms with van der Waals surface area (Å²) in [6, 6.07) is 4.33. The molecule has 13 heteroatoms. The van der Waals surface area contributed by atoms with Crippen molar-refractivity contribution in [1.82, 2.24) is 19.9 Å². The Kier molecular flexibility index (Phi) is 10.0. The van der Waals surface area contributed by atoms with Crippen LogP contribution in [0.1, 0.15) is 85.6 Å². The minimum Gasteiger partial charge on any atom is -0.508 e. The Morgan fingerprint density at radius 1 is 1.05 bits per heavy atom. The van der Waals surface area contributed by atoms with Crippen molar-refractivity contribution < 1.29 is 27.4 Å². The van der Waals surface area contributed by atoms with Gasteiger partial charge < -0.3 is 20.5 Å². The maximum atomic E-state index is 17.4. The molecule has 6 atom stereocenters. The molecular formula is C43H52F4N6O2Si. The fourth-order valence-electron chi connectivity index (χ4n) is 11.0. The first-order chi connectivity index (χ1) is 26.6. The summed E-state index contributed by atoms with van der Waals surface area (Å²) in [7, 11) is -2.31. The largest absolute Gasteiger partial charge is 0.508 e. The number of ether oxygens (including phenoxy) is 1. The van der Waals surface area contributed by atoms with Gasteiger partial charge >= 0.3 is 6.01 Å². The summed E-state index contributed by atoms with van der Waals surface area (Å²) in [5.41, 5.74) is 10.2. The molecule has 3 N–H and O–H groups in total. The number of halogens is 4. The second-order valence-electron chi connectivity index (χ2n) is 17.6. The standard InChI is InChI=1S/C43H52F4N6O2Si/c1-23(2)56(24(3)4,25(5)6)15-12-30-33(45)10-8-26-16-29(54)18-31(36(26)30)39-38(47)40-32(20-49-39)41(53-28-9-11-35(53)37(46)34(48)17-28)51-42(50-40)55-22-43-13-7-14-52(43)21-27(44)19-43/h8,10,16,18,20,23-25,27-28,34-35,37,54H,7,9,11,13-14,17,19,21-22,48H2,1-6H3/t27-,28-,34+,35+,37-,43+/m1/s1. The van der Waals surface area contributed by atoms with Crippen molar-refractivity contribution in [1.29, 1.82) is 0 Å². The molecule has 298 valence electrons. The Hall–Kier alpha value is -3.99. The van der Waals surface area contributed by atoms with E-state index in [1.54, 1.807) is 6.07 Å². The van der Waals surface area contributed by atoms with Gasteiger partial charge in [0, 0.05) is 42.2 Å². The fourth-order valence-corrected chi connectivity index (χ4v) is 16.2. The minimum absolute atomic E-state index is 0.104. The zero-order valence-corrected chi connectivity index (χ0v) is 34.1. The van der Waals surface area contributed by atoms with Crippen LogP contribution in [-0.4, -0.2) is 88.7 Å². The number of alkyl halides is 2. The number of anilines is 1. The van der Waals surface area contributed by atoms with Gasteiger partial charge in [0.05, 0.1) is 22.5 Å². The van der Waals surface area contributed by atoms with Crippen molar-refractivity contribution in [2.45, 2.75) is 133 Å². The molecular weight excluding hydrogens is 737 g/mol. The van der Waals surface area contributed by atoms with Crippen molar-refractivity contribution in [3.05, 3.63) is 47.7 Å². The molecule has 8 nitrogen and oxygen atoms in total. The van der Waals surface area contributed by atoms with E-state index in [-0.39, 0.29) is 52.1 Å². The van der Waals surface area contributed by atoms with Gasteiger partial charge in [-0.2, -0.15) is 9.97 Å². The first kappa shape index (κ1) is 38.9. The third-order valence-electron chi connectivity index (χ3n) is 13.6. The summed E-state index contributed by atoms with van der Waals surface area (Å²) < 4.78 is 70.2. The lowest BCUT2D eigenvalue weighted by atomic mass is 9.95. The van der Waals surface area contributed by atoms with Crippen LogP contribution in [0.5, 0.6) is 11.8 Å². The van der Waals surface area contributed by atoms with E-state index in [4.69, 9.17) is 15.5 Å². The van der Waals surface area contributed by atoms with Gasteiger partial charge in [0.2, 0.25) is 0 Å². The van der Waals surface area contributed by atoms with Crippen molar-refractivity contribution >= 4 is 35.6 Å². The van der Waals surface area contributed by atoms with Gasteiger partial charge in [-0.3, -0.25) is 9.88 Å². The number of fused-ring (bicyclic) bond motifs is 5. The van der Waals surface area contributed by atoms with E-state index < -0.39 is 49.7 Å². The Balaban J connectivity index is 1.31. The number of benzene rings is 2. The molecule has 4 aromatic rings.